The lowest BCUT2D eigenvalue weighted by Gasteiger charge is -2.21. The lowest BCUT2D eigenvalue weighted by Crippen LogP contribution is -2.48. The number of hydrogen-bond donors (Lipinski definition) is 3. The molecule has 2 atom stereocenters. The molecule has 5 N–H and O–H groups in total. The predicted octanol–water partition coefficient (Wildman–Crippen LogP) is -2.22. The van der Waals surface area contributed by atoms with Crippen molar-refractivity contribution >= 4 is 11.8 Å². The van der Waals surface area contributed by atoms with E-state index in [9.17, 15) is 14.7 Å². The summed E-state index contributed by atoms with van der Waals surface area (Å²) in [6.07, 6.45) is 0.181. The van der Waals surface area contributed by atoms with E-state index in [1.54, 1.807) is 6.92 Å². The summed E-state index contributed by atoms with van der Waals surface area (Å²) in [7, 11) is 0. The zero-order valence-electron chi connectivity index (χ0n) is 8.06. The largest absolute Gasteiger partial charge is 0.378 e. The van der Waals surface area contributed by atoms with Gasteiger partial charge in [-0.05, 0) is 6.92 Å². The fourth-order valence-corrected chi connectivity index (χ4v) is 1.47. The molecule has 14 heavy (non-hydrogen) atoms. The summed E-state index contributed by atoms with van der Waals surface area (Å²) >= 11 is 0. The fraction of sp³-hybridized carbons (Fsp3) is 0.750. The average molecular weight is 201 g/mol. The van der Waals surface area contributed by atoms with E-state index in [1.165, 1.54) is 4.90 Å². The van der Waals surface area contributed by atoms with Gasteiger partial charge in [-0.2, -0.15) is 0 Å². The SMILES string of the molecule is C[C@@H](N)C(=O)N1CCC(O)(C(N)=O)C1. The second-order valence-electron chi connectivity index (χ2n) is 3.69. The maximum Gasteiger partial charge on any atom is 0.251 e. The number of hydrogen-bond acceptors (Lipinski definition) is 4. The zero-order valence-corrected chi connectivity index (χ0v) is 8.06. The molecule has 80 valence electrons. The highest BCUT2D eigenvalue weighted by Crippen LogP contribution is 2.21. The lowest BCUT2D eigenvalue weighted by molar-refractivity contribution is -0.137. The molecular formula is C8H15N3O3. The Bertz CT molecular complexity index is 267. The van der Waals surface area contributed by atoms with Crippen LogP contribution in [0.25, 0.3) is 0 Å². The van der Waals surface area contributed by atoms with Crippen LogP contribution < -0.4 is 11.5 Å². The average Bonchev–Trinajstić information content (AvgIpc) is 2.48. The minimum Gasteiger partial charge on any atom is -0.378 e. The van der Waals surface area contributed by atoms with Crippen molar-refractivity contribution in [1.82, 2.24) is 4.90 Å². The molecule has 1 aliphatic rings. The van der Waals surface area contributed by atoms with Crippen LogP contribution >= 0.6 is 0 Å². The maximum absolute atomic E-state index is 11.4. The number of likely N-dealkylation sites (tertiary alicyclic amines) is 1. The van der Waals surface area contributed by atoms with E-state index in [1.807, 2.05) is 0 Å². The summed E-state index contributed by atoms with van der Waals surface area (Å²) in [4.78, 5) is 23.6. The number of carbonyl (C=O) groups excluding carboxylic acids is 2. The van der Waals surface area contributed by atoms with Crippen molar-refractivity contribution in [3.05, 3.63) is 0 Å². The quantitative estimate of drug-likeness (QED) is 0.470. The third-order valence-corrected chi connectivity index (χ3v) is 2.41. The molecular weight excluding hydrogens is 186 g/mol. The van der Waals surface area contributed by atoms with Gasteiger partial charge in [-0.3, -0.25) is 9.59 Å². The molecule has 0 radical (unpaired) electrons. The Hall–Kier alpha value is -1.14. The minimum atomic E-state index is -1.58. The van der Waals surface area contributed by atoms with E-state index in [-0.39, 0.29) is 18.9 Å². The van der Waals surface area contributed by atoms with Gasteiger partial charge in [-0.1, -0.05) is 0 Å². The Morgan fingerprint density at radius 2 is 2.14 bits per heavy atom. The van der Waals surface area contributed by atoms with Crippen LogP contribution in [0.4, 0.5) is 0 Å². The lowest BCUT2D eigenvalue weighted by atomic mass is 10.0. The summed E-state index contributed by atoms with van der Waals surface area (Å²) in [6.45, 7) is 1.83. The molecule has 1 rings (SSSR count). The van der Waals surface area contributed by atoms with Gasteiger partial charge in [-0.25, -0.2) is 0 Å². The van der Waals surface area contributed by atoms with Crippen LogP contribution in [0.5, 0.6) is 0 Å². The van der Waals surface area contributed by atoms with E-state index >= 15 is 0 Å². The summed E-state index contributed by atoms with van der Waals surface area (Å²) in [5, 5.41) is 9.66. The highest BCUT2D eigenvalue weighted by molar-refractivity contribution is 5.87. The number of amides is 2. The molecule has 6 nitrogen and oxygen atoms in total. The van der Waals surface area contributed by atoms with Crippen LogP contribution in [-0.2, 0) is 9.59 Å². The van der Waals surface area contributed by atoms with Crippen molar-refractivity contribution in [1.29, 1.82) is 0 Å². The molecule has 0 spiro atoms. The number of β-amino-alcohol motifs (C(OH)–C–C–N with tert-alkyl or cyclic N) is 1. The molecule has 0 bridgehead atoms. The second-order valence-corrected chi connectivity index (χ2v) is 3.69. The topological polar surface area (TPSA) is 110 Å². The van der Waals surface area contributed by atoms with Gasteiger partial charge in [-0.15, -0.1) is 0 Å². The third kappa shape index (κ3) is 1.85. The van der Waals surface area contributed by atoms with Gasteiger partial charge in [0, 0.05) is 13.0 Å². The van der Waals surface area contributed by atoms with Crippen LogP contribution in [0.15, 0.2) is 0 Å². The Balaban J connectivity index is 2.66. The predicted molar refractivity (Wildman–Crippen MR) is 49.0 cm³/mol. The molecule has 1 unspecified atom stereocenters. The van der Waals surface area contributed by atoms with Crippen molar-refractivity contribution in [2.45, 2.75) is 25.0 Å². The molecule has 1 heterocycles. The number of aliphatic hydroxyl groups is 1. The molecule has 2 amide bonds. The van der Waals surface area contributed by atoms with E-state index in [2.05, 4.69) is 0 Å². The second kappa shape index (κ2) is 3.55. The monoisotopic (exact) mass is 201 g/mol. The highest BCUT2D eigenvalue weighted by atomic mass is 16.3. The molecule has 0 saturated carbocycles. The van der Waals surface area contributed by atoms with Gasteiger partial charge in [0.1, 0.15) is 0 Å². The van der Waals surface area contributed by atoms with E-state index in [0.717, 1.165) is 0 Å². The van der Waals surface area contributed by atoms with Gasteiger partial charge in [0.15, 0.2) is 5.60 Å². The van der Waals surface area contributed by atoms with Gasteiger partial charge in [0.2, 0.25) is 5.91 Å². The molecule has 6 heteroatoms. The molecule has 1 aliphatic heterocycles. The third-order valence-electron chi connectivity index (χ3n) is 2.41. The van der Waals surface area contributed by atoms with E-state index in [4.69, 9.17) is 11.5 Å². The van der Waals surface area contributed by atoms with Gasteiger partial charge < -0.3 is 21.5 Å². The maximum atomic E-state index is 11.4. The molecule has 1 saturated heterocycles. The van der Waals surface area contributed by atoms with Crippen molar-refractivity contribution in [2.75, 3.05) is 13.1 Å². The summed E-state index contributed by atoms with van der Waals surface area (Å²) in [6, 6.07) is -0.620. The Morgan fingerprint density at radius 3 is 2.50 bits per heavy atom. The van der Waals surface area contributed by atoms with Crippen molar-refractivity contribution < 1.29 is 14.7 Å². The van der Waals surface area contributed by atoms with Crippen molar-refractivity contribution in [3.63, 3.8) is 0 Å². The summed E-state index contributed by atoms with van der Waals surface area (Å²) in [5.41, 5.74) is 8.82. The van der Waals surface area contributed by atoms with Crippen LogP contribution in [0, 0.1) is 0 Å². The smallest absolute Gasteiger partial charge is 0.251 e. The molecule has 0 aliphatic carbocycles. The van der Waals surface area contributed by atoms with Crippen molar-refractivity contribution in [2.24, 2.45) is 11.5 Å². The van der Waals surface area contributed by atoms with Crippen LogP contribution in [0.2, 0.25) is 0 Å². The first-order chi connectivity index (χ1) is 6.37. The van der Waals surface area contributed by atoms with E-state index < -0.39 is 17.6 Å². The highest BCUT2D eigenvalue weighted by Gasteiger charge is 2.43. The summed E-state index contributed by atoms with van der Waals surface area (Å²) < 4.78 is 0. The van der Waals surface area contributed by atoms with Gasteiger partial charge >= 0.3 is 0 Å². The Kier molecular flexibility index (Phi) is 2.77. The fourth-order valence-electron chi connectivity index (χ4n) is 1.47. The first-order valence-corrected chi connectivity index (χ1v) is 4.43. The Labute approximate surface area is 81.8 Å². The molecule has 0 aromatic carbocycles. The van der Waals surface area contributed by atoms with Gasteiger partial charge in [0.25, 0.3) is 5.91 Å². The van der Waals surface area contributed by atoms with Crippen LogP contribution in [0.1, 0.15) is 13.3 Å². The first-order valence-electron chi connectivity index (χ1n) is 4.43. The number of primary amides is 1. The Morgan fingerprint density at radius 1 is 1.57 bits per heavy atom. The first kappa shape index (κ1) is 10.9. The molecule has 0 aromatic rings. The van der Waals surface area contributed by atoms with Crippen LogP contribution in [0.3, 0.4) is 0 Å². The number of nitrogens with zero attached hydrogens (tertiary/aromatic N) is 1. The van der Waals surface area contributed by atoms with E-state index in [0.29, 0.717) is 6.54 Å². The molecule has 1 fully saturated rings. The standard InChI is InChI=1S/C8H15N3O3/c1-5(9)6(12)11-3-2-8(14,4-11)7(10)13/h5,14H,2-4,9H2,1H3,(H2,10,13)/t5-,8?/m1/s1. The number of nitrogens with two attached hydrogens (primary N) is 2. The minimum absolute atomic E-state index is 0.0529. The van der Waals surface area contributed by atoms with Gasteiger partial charge in [0.05, 0.1) is 12.6 Å². The number of rotatable bonds is 2. The summed E-state index contributed by atoms with van der Waals surface area (Å²) in [5.74, 6) is -1.07. The number of carbonyl (C=O) groups is 2. The normalized spacial score (nSPS) is 28.9. The van der Waals surface area contributed by atoms with Crippen molar-refractivity contribution in [3.8, 4) is 0 Å². The molecule has 0 aromatic heterocycles. The van der Waals surface area contributed by atoms with Crippen LogP contribution in [-0.4, -0.2) is 46.6 Å². The zero-order chi connectivity index (χ0) is 10.9.